The Morgan fingerprint density at radius 1 is 0.168 bits per heavy atom. The largest absolute Gasteiger partial charge is 0.311 e. The molecular weight excluding hydrogens is 1580 g/mol. The number of rotatable bonds is 50. The van der Waals surface area contributed by atoms with E-state index in [1.54, 1.807) is 11.1 Å². The molecule has 0 N–H and O–H groups in total. The summed E-state index contributed by atoms with van der Waals surface area (Å²) in [5.74, 6) is 0. The zero-order valence-corrected chi connectivity index (χ0v) is 80.5. The number of fused-ring (bicyclic) bond motifs is 3. The van der Waals surface area contributed by atoms with Crippen LogP contribution in [-0.2, 0) is 56.8 Å². The van der Waals surface area contributed by atoms with Crippen LogP contribution in [0.5, 0.6) is 0 Å². The van der Waals surface area contributed by atoms with Crippen LogP contribution in [0.2, 0.25) is 0 Å². The molecule has 0 unspecified atom stereocenters. The predicted molar refractivity (Wildman–Crippen MR) is 568 cm³/mol. The van der Waals surface area contributed by atoms with Crippen molar-refractivity contribution in [1.29, 1.82) is 0 Å². The standard InChI is InChI=1S/C127H146N4/c1-9-15-33-99-43-67-111(68-44-99)128(112-69-45-100(46-70-112)34-16-10-2)119-83-59-107(60-84-119)109-63-87-121(88-64-109)130(115-75-51-103(52-76-115)37-19-13-5)117-79-55-105(56-80-117)39-29-25-21-23-27-31-93-127(125-95-97(7)41-91-123(125)124-92-42-98(8)96-126(124)127)94-32-28-24-22-26-30-40-106-57-81-118(82-58-106)131(116-77-53-104(54-78-116)38-20-14-6)122-89-65-110(66-90-122)108-61-85-120(86-62-108)129(113-71-47-101(48-72-113)35-17-11-3)114-73-49-102(50-74-114)36-18-12-4/h41-92,95-96H,9-40,93-94H2,1-8H3. The summed E-state index contributed by atoms with van der Waals surface area (Å²) in [6.45, 7) is 18.3. The van der Waals surface area contributed by atoms with Gasteiger partial charge < -0.3 is 19.6 Å². The van der Waals surface area contributed by atoms with E-state index in [-0.39, 0.29) is 5.41 Å². The minimum Gasteiger partial charge on any atom is -0.311 e. The normalized spacial score (nSPS) is 12.0. The lowest BCUT2D eigenvalue weighted by molar-refractivity contribution is 0.397. The molecule has 0 saturated heterocycles. The molecule has 0 heterocycles. The van der Waals surface area contributed by atoms with Crippen LogP contribution in [0, 0.1) is 13.8 Å². The van der Waals surface area contributed by atoms with Gasteiger partial charge in [-0.15, -0.1) is 0 Å². The highest BCUT2D eigenvalue weighted by atomic mass is 15.2. The first-order chi connectivity index (χ1) is 64.5. The lowest BCUT2D eigenvalue weighted by atomic mass is 9.70. The van der Waals surface area contributed by atoms with E-state index in [9.17, 15) is 0 Å². The molecule has 14 aromatic rings. The smallest absolute Gasteiger partial charge is 0.0462 e. The summed E-state index contributed by atoms with van der Waals surface area (Å²) in [6.07, 6.45) is 41.0. The number of nitrogens with zero attached hydrogens (tertiary/aromatic N) is 4. The summed E-state index contributed by atoms with van der Waals surface area (Å²) in [4.78, 5) is 9.70. The summed E-state index contributed by atoms with van der Waals surface area (Å²) in [5, 5.41) is 0. The lowest BCUT2D eigenvalue weighted by Gasteiger charge is -2.33. The zero-order chi connectivity index (χ0) is 90.4. The number of aryl methyl sites for hydroxylation is 10. The monoisotopic (exact) mass is 1730 g/mol. The third-order valence-corrected chi connectivity index (χ3v) is 27.9. The Bertz CT molecular complexity index is 5290. The first kappa shape index (κ1) is 93.9. The van der Waals surface area contributed by atoms with Gasteiger partial charge >= 0.3 is 0 Å². The van der Waals surface area contributed by atoms with Gasteiger partial charge in [0.15, 0.2) is 0 Å². The van der Waals surface area contributed by atoms with Gasteiger partial charge in [0.1, 0.15) is 0 Å². The van der Waals surface area contributed by atoms with Crippen LogP contribution in [0.3, 0.4) is 0 Å². The van der Waals surface area contributed by atoms with E-state index in [0.717, 1.165) is 74.1 Å². The second-order valence-electron chi connectivity index (χ2n) is 37.9. The van der Waals surface area contributed by atoms with Crippen molar-refractivity contribution in [1.82, 2.24) is 0 Å². The maximum Gasteiger partial charge on any atom is 0.0462 e. The molecule has 674 valence electrons. The fourth-order valence-corrected chi connectivity index (χ4v) is 20.1. The minimum absolute atomic E-state index is 0.0650. The molecule has 1 aliphatic carbocycles. The molecular formula is C127H146N4. The van der Waals surface area contributed by atoms with Crippen molar-refractivity contribution >= 4 is 68.2 Å². The number of hydrogen-bond donors (Lipinski definition) is 0. The van der Waals surface area contributed by atoms with Crippen LogP contribution < -0.4 is 19.6 Å². The average molecular weight is 1730 g/mol. The van der Waals surface area contributed by atoms with E-state index in [4.69, 9.17) is 0 Å². The van der Waals surface area contributed by atoms with Gasteiger partial charge in [0, 0.05) is 73.7 Å². The van der Waals surface area contributed by atoms with Gasteiger partial charge in [0.2, 0.25) is 0 Å². The Kier molecular flexibility index (Phi) is 34.4. The van der Waals surface area contributed by atoms with Crippen LogP contribution in [0.25, 0.3) is 33.4 Å². The SMILES string of the molecule is CCCCc1ccc(N(c2ccc(CCCC)cc2)c2ccc(-c3ccc(N(c4ccc(CCCC)cc4)c4ccc(CCCCCCCCC5(CCCCCCCCc6ccc(N(c7ccc(CCCC)cc7)c7ccc(-c8ccc(N(c9ccc(CCCC)cc9)c9ccc(CCCC)cc9)cc8)cc7)cc6)c6cc(C)ccc6-c6ccc(C)cc65)cc4)cc3)cc2)cc1. The molecule has 4 heteroatoms. The quantitative estimate of drug-likeness (QED) is 0.0352. The van der Waals surface area contributed by atoms with Crippen molar-refractivity contribution in [3.63, 3.8) is 0 Å². The van der Waals surface area contributed by atoms with Crippen LogP contribution in [0.4, 0.5) is 68.2 Å². The van der Waals surface area contributed by atoms with Crippen molar-refractivity contribution in [2.75, 3.05) is 19.6 Å². The van der Waals surface area contributed by atoms with E-state index in [2.05, 4.69) is 403 Å². The van der Waals surface area contributed by atoms with E-state index >= 15 is 0 Å². The van der Waals surface area contributed by atoms with Crippen molar-refractivity contribution in [2.24, 2.45) is 0 Å². The van der Waals surface area contributed by atoms with Crippen molar-refractivity contribution in [2.45, 2.75) is 279 Å². The molecule has 0 spiro atoms. The Labute approximate surface area is 789 Å². The van der Waals surface area contributed by atoms with Crippen LogP contribution in [0.15, 0.2) is 328 Å². The van der Waals surface area contributed by atoms with Gasteiger partial charge in [-0.2, -0.15) is 0 Å². The topological polar surface area (TPSA) is 13.0 Å². The third-order valence-electron chi connectivity index (χ3n) is 27.9. The molecule has 1 aliphatic rings. The molecule has 0 atom stereocenters. The minimum atomic E-state index is 0.0650. The molecule has 0 saturated carbocycles. The van der Waals surface area contributed by atoms with E-state index in [0.29, 0.717) is 0 Å². The fourth-order valence-electron chi connectivity index (χ4n) is 20.1. The first-order valence-electron chi connectivity index (χ1n) is 51.0. The Morgan fingerprint density at radius 3 is 0.511 bits per heavy atom. The van der Waals surface area contributed by atoms with Crippen LogP contribution in [0.1, 0.15) is 275 Å². The summed E-state index contributed by atoms with van der Waals surface area (Å²) in [7, 11) is 0. The molecule has 14 aromatic carbocycles. The molecule has 0 aromatic heterocycles. The van der Waals surface area contributed by atoms with E-state index in [1.807, 2.05) is 0 Å². The molecule has 131 heavy (non-hydrogen) atoms. The molecule has 0 bridgehead atoms. The second-order valence-corrected chi connectivity index (χ2v) is 37.9. The number of unbranched alkanes of at least 4 members (excludes halogenated alkanes) is 16. The van der Waals surface area contributed by atoms with Gasteiger partial charge in [0.25, 0.3) is 0 Å². The Balaban J connectivity index is 0.540. The fraction of sp³-hybridized carbons (Fsp3) is 0.339. The first-order valence-corrected chi connectivity index (χ1v) is 51.0. The van der Waals surface area contributed by atoms with Crippen molar-refractivity contribution in [3.8, 4) is 33.4 Å². The third kappa shape index (κ3) is 24.7. The lowest BCUT2D eigenvalue weighted by Crippen LogP contribution is -2.25. The summed E-state index contributed by atoms with van der Waals surface area (Å²) in [6, 6.07) is 126. The maximum absolute atomic E-state index is 2.57. The van der Waals surface area contributed by atoms with Gasteiger partial charge in [-0.1, -0.05) is 337 Å². The Morgan fingerprint density at radius 2 is 0.328 bits per heavy atom. The van der Waals surface area contributed by atoms with Gasteiger partial charge in [-0.05, 0) is 364 Å². The summed E-state index contributed by atoms with van der Waals surface area (Å²) in [5.41, 5.74) is 39.2. The number of hydrogen-bond acceptors (Lipinski definition) is 4. The molecule has 0 aliphatic heterocycles. The maximum atomic E-state index is 2.57. The predicted octanol–water partition coefficient (Wildman–Crippen LogP) is 37.8. The van der Waals surface area contributed by atoms with Crippen LogP contribution in [-0.4, -0.2) is 0 Å². The van der Waals surface area contributed by atoms with E-state index in [1.165, 1.54) is 301 Å². The Hall–Kier alpha value is -11.7. The van der Waals surface area contributed by atoms with Crippen molar-refractivity contribution < 1.29 is 0 Å². The summed E-state index contributed by atoms with van der Waals surface area (Å²) >= 11 is 0. The molecule has 0 fully saturated rings. The summed E-state index contributed by atoms with van der Waals surface area (Å²) < 4.78 is 0. The second kappa shape index (κ2) is 47.9. The molecule has 15 rings (SSSR count). The molecule has 4 nitrogen and oxygen atoms in total. The number of anilines is 12. The van der Waals surface area contributed by atoms with Gasteiger partial charge in [-0.3, -0.25) is 0 Å². The number of benzene rings is 14. The molecule has 0 radical (unpaired) electrons. The van der Waals surface area contributed by atoms with Gasteiger partial charge in [0.05, 0.1) is 0 Å². The van der Waals surface area contributed by atoms with Gasteiger partial charge in [-0.25, -0.2) is 0 Å². The molecule has 0 amide bonds. The highest BCUT2D eigenvalue weighted by Crippen LogP contribution is 2.55. The van der Waals surface area contributed by atoms with E-state index < -0.39 is 0 Å². The highest BCUT2D eigenvalue weighted by Gasteiger charge is 2.42. The highest BCUT2D eigenvalue weighted by molar-refractivity contribution is 5.85. The average Bonchev–Trinajstić information content (AvgIpc) is 1.56. The van der Waals surface area contributed by atoms with Crippen molar-refractivity contribution in [3.05, 3.63) is 394 Å². The zero-order valence-electron chi connectivity index (χ0n) is 80.5. The van der Waals surface area contributed by atoms with Crippen LogP contribution >= 0.6 is 0 Å².